The molecule has 0 unspecified atom stereocenters. The summed E-state index contributed by atoms with van der Waals surface area (Å²) in [6.45, 7) is 4.58. The van der Waals surface area contributed by atoms with E-state index in [-0.39, 0.29) is 11.6 Å². The zero-order valence-electron chi connectivity index (χ0n) is 24.1. The molecule has 0 bridgehead atoms. The summed E-state index contributed by atoms with van der Waals surface area (Å²) in [6, 6.07) is 16.8. The molecule has 2 fully saturated rings. The van der Waals surface area contributed by atoms with Crippen LogP contribution in [0.5, 0.6) is 0 Å². The van der Waals surface area contributed by atoms with Crippen molar-refractivity contribution in [3.63, 3.8) is 0 Å². The van der Waals surface area contributed by atoms with Crippen LogP contribution in [-0.4, -0.2) is 11.6 Å². The number of benzene rings is 2. The average molecular weight is 515 g/mol. The van der Waals surface area contributed by atoms with Gasteiger partial charge in [0.15, 0.2) is 11.6 Å². The SMILES string of the molecule is CCC[C@H]1CC[C@H](c2ccc(C(=O)CCCCC(=O)c3ccc([C@H]4CC[C@H](CCC)CC4)cc3)cc2)CC1. The second kappa shape index (κ2) is 14.8. The van der Waals surface area contributed by atoms with Gasteiger partial charge in [0, 0.05) is 24.0 Å². The van der Waals surface area contributed by atoms with E-state index >= 15 is 0 Å². The highest BCUT2D eigenvalue weighted by Gasteiger charge is 2.23. The summed E-state index contributed by atoms with van der Waals surface area (Å²) in [5, 5.41) is 0. The van der Waals surface area contributed by atoms with Gasteiger partial charge in [-0.05, 0) is 99.0 Å². The van der Waals surface area contributed by atoms with Crippen LogP contribution < -0.4 is 0 Å². The van der Waals surface area contributed by atoms with Gasteiger partial charge in [0.05, 0.1) is 0 Å². The molecule has 2 aliphatic rings. The van der Waals surface area contributed by atoms with Gasteiger partial charge >= 0.3 is 0 Å². The molecule has 0 aromatic heterocycles. The third kappa shape index (κ3) is 8.14. The monoisotopic (exact) mass is 514 g/mol. The van der Waals surface area contributed by atoms with Gasteiger partial charge in [-0.1, -0.05) is 88.1 Å². The van der Waals surface area contributed by atoms with Crippen LogP contribution in [0.15, 0.2) is 48.5 Å². The topological polar surface area (TPSA) is 34.1 Å². The van der Waals surface area contributed by atoms with Crippen molar-refractivity contribution in [2.24, 2.45) is 11.8 Å². The highest BCUT2D eigenvalue weighted by atomic mass is 16.1. The fraction of sp³-hybridized carbons (Fsp3) is 0.611. The van der Waals surface area contributed by atoms with E-state index in [2.05, 4.69) is 38.1 Å². The summed E-state index contributed by atoms with van der Waals surface area (Å²) >= 11 is 0. The van der Waals surface area contributed by atoms with Crippen LogP contribution in [0.3, 0.4) is 0 Å². The minimum atomic E-state index is 0.202. The van der Waals surface area contributed by atoms with Gasteiger partial charge in [0.25, 0.3) is 0 Å². The highest BCUT2D eigenvalue weighted by Crippen LogP contribution is 2.38. The van der Waals surface area contributed by atoms with Crippen LogP contribution in [0.25, 0.3) is 0 Å². The second-order valence-corrected chi connectivity index (χ2v) is 12.3. The van der Waals surface area contributed by atoms with Gasteiger partial charge in [-0.25, -0.2) is 0 Å². The van der Waals surface area contributed by atoms with E-state index in [1.165, 1.54) is 88.2 Å². The number of rotatable bonds is 13. The molecule has 0 spiro atoms. The maximum atomic E-state index is 12.7. The first kappa shape index (κ1) is 28.8. The van der Waals surface area contributed by atoms with E-state index in [0.717, 1.165) is 35.8 Å². The number of hydrogen-bond donors (Lipinski definition) is 0. The largest absolute Gasteiger partial charge is 0.294 e. The molecule has 2 aliphatic carbocycles. The van der Waals surface area contributed by atoms with Gasteiger partial charge in [-0.3, -0.25) is 9.59 Å². The van der Waals surface area contributed by atoms with Crippen molar-refractivity contribution in [1.29, 1.82) is 0 Å². The van der Waals surface area contributed by atoms with Gasteiger partial charge in [0.2, 0.25) is 0 Å². The Bertz CT molecular complexity index is 903. The lowest BCUT2D eigenvalue weighted by Crippen LogP contribution is -2.13. The first-order chi connectivity index (χ1) is 18.6. The highest BCUT2D eigenvalue weighted by molar-refractivity contribution is 5.97. The fourth-order valence-corrected chi connectivity index (χ4v) is 7.13. The van der Waals surface area contributed by atoms with E-state index in [1.807, 2.05) is 24.3 Å². The molecule has 0 atom stereocenters. The average Bonchev–Trinajstić information content (AvgIpc) is 2.96. The van der Waals surface area contributed by atoms with E-state index in [0.29, 0.717) is 24.7 Å². The number of carbonyl (C=O) groups is 2. The lowest BCUT2D eigenvalue weighted by molar-refractivity contribution is 0.0954. The van der Waals surface area contributed by atoms with Crippen LogP contribution in [0, 0.1) is 11.8 Å². The molecule has 2 aromatic carbocycles. The number of hydrogen-bond acceptors (Lipinski definition) is 2. The fourth-order valence-electron chi connectivity index (χ4n) is 7.13. The molecule has 0 N–H and O–H groups in total. The number of Topliss-reactive ketones (excluding diaryl/α,β-unsaturated/α-hetero) is 2. The molecule has 0 saturated heterocycles. The normalized spacial score (nSPS) is 23.7. The van der Waals surface area contributed by atoms with E-state index in [1.54, 1.807) is 0 Å². The molecule has 0 aliphatic heterocycles. The van der Waals surface area contributed by atoms with E-state index < -0.39 is 0 Å². The second-order valence-electron chi connectivity index (χ2n) is 12.3. The number of unbranched alkanes of at least 4 members (excludes halogenated alkanes) is 1. The Kier molecular flexibility index (Phi) is 11.2. The van der Waals surface area contributed by atoms with Crippen molar-refractivity contribution in [2.45, 2.75) is 128 Å². The standard InChI is InChI=1S/C36H50O2/c1-3-7-27-11-15-29(16-12-27)31-19-23-33(24-20-31)35(37)9-5-6-10-36(38)34-25-21-32(22-26-34)30-17-13-28(8-4-2)14-18-30/h19-30H,3-18H2,1-2H3/t27-,28-,29-,30-. The molecular weight excluding hydrogens is 464 g/mol. The van der Waals surface area contributed by atoms with Gasteiger partial charge in [0.1, 0.15) is 0 Å². The Hall–Kier alpha value is -2.22. The summed E-state index contributed by atoms with van der Waals surface area (Å²) in [7, 11) is 0. The maximum Gasteiger partial charge on any atom is 0.162 e. The predicted octanol–water partition coefficient (Wildman–Crippen LogP) is 10.5. The molecule has 206 valence electrons. The predicted molar refractivity (Wildman–Crippen MR) is 159 cm³/mol. The Morgan fingerprint density at radius 2 is 0.895 bits per heavy atom. The number of carbonyl (C=O) groups excluding carboxylic acids is 2. The lowest BCUT2D eigenvalue weighted by Gasteiger charge is -2.28. The van der Waals surface area contributed by atoms with Crippen molar-refractivity contribution in [2.75, 3.05) is 0 Å². The molecule has 38 heavy (non-hydrogen) atoms. The Morgan fingerprint density at radius 3 is 1.21 bits per heavy atom. The van der Waals surface area contributed by atoms with E-state index in [9.17, 15) is 9.59 Å². The third-order valence-corrected chi connectivity index (χ3v) is 9.55. The smallest absolute Gasteiger partial charge is 0.162 e. The van der Waals surface area contributed by atoms with Crippen LogP contribution >= 0.6 is 0 Å². The summed E-state index contributed by atoms with van der Waals surface area (Å²) in [6.07, 6.45) is 18.5. The Balaban J connectivity index is 1.15. The van der Waals surface area contributed by atoms with E-state index in [4.69, 9.17) is 0 Å². The minimum Gasteiger partial charge on any atom is -0.294 e. The van der Waals surface area contributed by atoms with Crippen molar-refractivity contribution < 1.29 is 9.59 Å². The quantitative estimate of drug-likeness (QED) is 0.197. The minimum absolute atomic E-state index is 0.202. The first-order valence-corrected chi connectivity index (χ1v) is 15.8. The zero-order valence-corrected chi connectivity index (χ0v) is 24.1. The molecule has 0 radical (unpaired) electrons. The maximum absolute atomic E-state index is 12.7. The Morgan fingerprint density at radius 1 is 0.553 bits per heavy atom. The molecule has 0 heterocycles. The van der Waals surface area contributed by atoms with Gasteiger partial charge in [-0.2, -0.15) is 0 Å². The number of ketones is 2. The molecular formula is C36H50O2. The zero-order chi connectivity index (χ0) is 26.7. The molecule has 2 saturated carbocycles. The van der Waals surface area contributed by atoms with Gasteiger partial charge in [-0.15, -0.1) is 0 Å². The van der Waals surface area contributed by atoms with Crippen LogP contribution in [-0.2, 0) is 0 Å². The molecule has 2 aromatic rings. The Labute approximate surface area is 232 Å². The molecule has 4 rings (SSSR count). The summed E-state index contributed by atoms with van der Waals surface area (Å²) in [5.41, 5.74) is 4.44. The van der Waals surface area contributed by atoms with Crippen LogP contribution in [0.1, 0.15) is 160 Å². The summed E-state index contributed by atoms with van der Waals surface area (Å²) in [5.74, 6) is 3.57. The molecule has 2 heteroatoms. The van der Waals surface area contributed by atoms with Crippen molar-refractivity contribution in [3.8, 4) is 0 Å². The van der Waals surface area contributed by atoms with Crippen molar-refractivity contribution in [3.05, 3.63) is 70.8 Å². The van der Waals surface area contributed by atoms with Gasteiger partial charge < -0.3 is 0 Å². The summed E-state index contributed by atoms with van der Waals surface area (Å²) in [4.78, 5) is 25.4. The lowest BCUT2D eigenvalue weighted by atomic mass is 9.77. The molecule has 0 amide bonds. The molecule has 2 nitrogen and oxygen atoms in total. The summed E-state index contributed by atoms with van der Waals surface area (Å²) < 4.78 is 0. The third-order valence-electron chi connectivity index (χ3n) is 9.55. The first-order valence-electron chi connectivity index (χ1n) is 15.8. The van der Waals surface area contributed by atoms with Crippen LogP contribution in [0.2, 0.25) is 0 Å². The van der Waals surface area contributed by atoms with Crippen molar-refractivity contribution >= 4 is 11.6 Å². The van der Waals surface area contributed by atoms with Crippen molar-refractivity contribution in [1.82, 2.24) is 0 Å². The van der Waals surface area contributed by atoms with Crippen LogP contribution in [0.4, 0.5) is 0 Å².